The highest BCUT2D eigenvalue weighted by molar-refractivity contribution is 5.93. The normalized spacial score (nSPS) is 18.3. The average molecular weight is 360 g/mol. The standard InChI is InChI=1S/C18H28N6O2/c1-4-22(13-17-20-14(3)26-21-17)16-7-6-9-23(10-8-16)18(25)15-11-19-24(5-2)12-15/h11-12,16H,4-10,13H2,1-3H3/t16-/m1/s1. The third-order valence-electron chi connectivity index (χ3n) is 5.03. The van der Waals surface area contributed by atoms with Crippen LogP contribution in [0.25, 0.3) is 0 Å². The summed E-state index contributed by atoms with van der Waals surface area (Å²) >= 11 is 0. The minimum absolute atomic E-state index is 0.0854. The van der Waals surface area contributed by atoms with Gasteiger partial charge in [0.05, 0.1) is 18.3 Å². The lowest BCUT2D eigenvalue weighted by molar-refractivity contribution is 0.0755. The van der Waals surface area contributed by atoms with Gasteiger partial charge in [0.2, 0.25) is 5.89 Å². The minimum atomic E-state index is 0.0854. The molecule has 26 heavy (non-hydrogen) atoms. The van der Waals surface area contributed by atoms with E-state index >= 15 is 0 Å². The zero-order valence-electron chi connectivity index (χ0n) is 15.9. The number of rotatable bonds is 6. The van der Waals surface area contributed by atoms with E-state index < -0.39 is 0 Å². The van der Waals surface area contributed by atoms with Crippen molar-refractivity contribution in [1.82, 2.24) is 29.7 Å². The first-order valence-electron chi connectivity index (χ1n) is 9.45. The topological polar surface area (TPSA) is 80.3 Å². The van der Waals surface area contributed by atoms with Crippen LogP contribution in [0.3, 0.4) is 0 Å². The number of nitrogens with zero attached hydrogens (tertiary/aromatic N) is 6. The number of likely N-dealkylation sites (tertiary alicyclic amines) is 1. The molecular weight excluding hydrogens is 332 g/mol. The molecule has 1 aliphatic heterocycles. The Morgan fingerprint density at radius 1 is 1.35 bits per heavy atom. The Kier molecular flexibility index (Phi) is 6.03. The second kappa shape index (κ2) is 8.44. The first kappa shape index (κ1) is 18.6. The van der Waals surface area contributed by atoms with Gasteiger partial charge < -0.3 is 9.42 Å². The molecule has 8 heteroatoms. The third kappa shape index (κ3) is 4.30. The number of hydrogen-bond acceptors (Lipinski definition) is 6. The molecule has 2 aromatic rings. The lowest BCUT2D eigenvalue weighted by Crippen LogP contribution is -2.37. The van der Waals surface area contributed by atoms with E-state index in [0.29, 0.717) is 24.0 Å². The van der Waals surface area contributed by atoms with Crippen molar-refractivity contribution in [3.8, 4) is 0 Å². The van der Waals surface area contributed by atoms with E-state index in [0.717, 1.165) is 51.3 Å². The summed E-state index contributed by atoms with van der Waals surface area (Å²) in [5.74, 6) is 1.41. The molecule has 3 rings (SSSR count). The molecule has 1 aliphatic rings. The number of aryl methyl sites for hydroxylation is 2. The summed E-state index contributed by atoms with van der Waals surface area (Å²) in [5, 5.41) is 8.23. The second-order valence-corrected chi connectivity index (χ2v) is 6.75. The summed E-state index contributed by atoms with van der Waals surface area (Å²) in [6, 6.07) is 0.426. The molecule has 0 saturated carbocycles. The first-order chi connectivity index (χ1) is 12.6. The minimum Gasteiger partial charge on any atom is -0.340 e. The molecule has 0 spiro atoms. The summed E-state index contributed by atoms with van der Waals surface area (Å²) in [5.41, 5.74) is 0.680. The van der Waals surface area contributed by atoms with E-state index in [2.05, 4.69) is 27.1 Å². The van der Waals surface area contributed by atoms with Crippen LogP contribution in [0.5, 0.6) is 0 Å². The summed E-state index contributed by atoms with van der Waals surface area (Å²) in [7, 11) is 0. The van der Waals surface area contributed by atoms with Gasteiger partial charge in [0, 0.05) is 38.8 Å². The Morgan fingerprint density at radius 2 is 2.19 bits per heavy atom. The molecule has 1 atom stereocenters. The van der Waals surface area contributed by atoms with Crippen molar-refractivity contribution in [2.75, 3.05) is 19.6 Å². The van der Waals surface area contributed by atoms with Crippen molar-refractivity contribution in [3.05, 3.63) is 29.7 Å². The quantitative estimate of drug-likeness (QED) is 0.785. The second-order valence-electron chi connectivity index (χ2n) is 6.75. The van der Waals surface area contributed by atoms with Gasteiger partial charge in [0.15, 0.2) is 5.82 Å². The monoisotopic (exact) mass is 360 g/mol. The molecule has 0 aromatic carbocycles. The van der Waals surface area contributed by atoms with E-state index in [1.165, 1.54) is 0 Å². The van der Waals surface area contributed by atoms with E-state index in [1.54, 1.807) is 10.9 Å². The predicted molar refractivity (Wildman–Crippen MR) is 96.6 cm³/mol. The van der Waals surface area contributed by atoms with E-state index in [9.17, 15) is 4.79 Å². The van der Waals surface area contributed by atoms with Crippen LogP contribution in [0.1, 0.15) is 55.2 Å². The molecule has 3 heterocycles. The highest BCUT2D eigenvalue weighted by atomic mass is 16.5. The zero-order valence-corrected chi connectivity index (χ0v) is 15.9. The molecule has 1 fully saturated rings. The van der Waals surface area contributed by atoms with Gasteiger partial charge in [-0.2, -0.15) is 10.1 Å². The van der Waals surface area contributed by atoms with Crippen LogP contribution in [0, 0.1) is 6.92 Å². The van der Waals surface area contributed by atoms with Crippen molar-refractivity contribution in [3.63, 3.8) is 0 Å². The van der Waals surface area contributed by atoms with Gasteiger partial charge in [-0.15, -0.1) is 0 Å². The smallest absolute Gasteiger partial charge is 0.257 e. The van der Waals surface area contributed by atoms with Gasteiger partial charge in [-0.3, -0.25) is 14.4 Å². The van der Waals surface area contributed by atoms with Gasteiger partial charge in [-0.25, -0.2) is 0 Å². The molecular formula is C18H28N6O2. The predicted octanol–water partition coefficient (Wildman–Crippen LogP) is 2.11. The molecule has 142 valence electrons. The molecule has 0 unspecified atom stereocenters. The Morgan fingerprint density at radius 3 is 2.85 bits per heavy atom. The van der Waals surface area contributed by atoms with Gasteiger partial charge in [-0.05, 0) is 32.7 Å². The summed E-state index contributed by atoms with van der Waals surface area (Å²) in [4.78, 5) is 21.4. The van der Waals surface area contributed by atoms with Crippen LogP contribution in [-0.2, 0) is 13.1 Å². The molecule has 1 amide bonds. The largest absolute Gasteiger partial charge is 0.340 e. The lowest BCUT2D eigenvalue weighted by atomic mass is 10.1. The molecule has 0 radical (unpaired) electrons. The van der Waals surface area contributed by atoms with Gasteiger partial charge >= 0.3 is 0 Å². The first-order valence-corrected chi connectivity index (χ1v) is 9.45. The fourth-order valence-electron chi connectivity index (χ4n) is 3.56. The van der Waals surface area contributed by atoms with Crippen molar-refractivity contribution < 1.29 is 9.32 Å². The van der Waals surface area contributed by atoms with E-state index in [-0.39, 0.29) is 5.91 Å². The number of hydrogen-bond donors (Lipinski definition) is 0. The van der Waals surface area contributed by atoms with Crippen molar-refractivity contribution in [1.29, 1.82) is 0 Å². The average Bonchev–Trinajstić information content (AvgIpc) is 3.22. The Balaban J connectivity index is 1.60. The molecule has 2 aromatic heterocycles. The molecule has 0 N–H and O–H groups in total. The summed E-state index contributed by atoms with van der Waals surface area (Å²) < 4.78 is 6.87. The van der Waals surface area contributed by atoms with Crippen LogP contribution in [-0.4, -0.2) is 61.3 Å². The van der Waals surface area contributed by atoms with Gasteiger partial charge in [0.25, 0.3) is 5.91 Å². The lowest BCUT2D eigenvalue weighted by Gasteiger charge is -2.28. The summed E-state index contributed by atoms with van der Waals surface area (Å²) in [6.07, 6.45) is 6.54. The van der Waals surface area contributed by atoms with Gasteiger partial charge in [-0.1, -0.05) is 12.1 Å². The van der Waals surface area contributed by atoms with Crippen LogP contribution < -0.4 is 0 Å². The maximum absolute atomic E-state index is 12.7. The fraction of sp³-hybridized carbons (Fsp3) is 0.667. The van der Waals surface area contributed by atoms with Crippen LogP contribution in [0.15, 0.2) is 16.9 Å². The molecule has 8 nitrogen and oxygen atoms in total. The maximum atomic E-state index is 12.7. The highest BCUT2D eigenvalue weighted by Crippen LogP contribution is 2.20. The Bertz CT molecular complexity index is 725. The number of amides is 1. The summed E-state index contributed by atoms with van der Waals surface area (Å²) in [6.45, 7) is 9.93. The molecule has 0 bridgehead atoms. The third-order valence-corrected chi connectivity index (χ3v) is 5.03. The number of aromatic nitrogens is 4. The highest BCUT2D eigenvalue weighted by Gasteiger charge is 2.26. The Hall–Kier alpha value is -2.22. The Labute approximate surface area is 154 Å². The maximum Gasteiger partial charge on any atom is 0.257 e. The van der Waals surface area contributed by atoms with Crippen molar-refractivity contribution >= 4 is 5.91 Å². The fourth-order valence-corrected chi connectivity index (χ4v) is 3.56. The van der Waals surface area contributed by atoms with E-state index in [4.69, 9.17) is 4.52 Å². The van der Waals surface area contributed by atoms with Crippen LogP contribution >= 0.6 is 0 Å². The zero-order chi connectivity index (χ0) is 18.5. The van der Waals surface area contributed by atoms with Gasteiger partial charge in [0.1, 0.15) is 0 Å². The van der Waals surface area contributed by atoms with Crippen molar-refractivity contribution in [2.45, 2.75) is 59.2 Å². The molecule has 0 aliphatic carbocycles. The van der Waals surface area contributed by atoms with E-state index in [1.807, 2.05) is 24.9 Å². The van der Waals surface area contributed by atoms with Crippen LogP contribution in [0.4, 0.5) is 0 Å². The number of carbonyl (C=O) groups is 1. The van der Waals surface area contributed by atoms with Crippen LogP contribution in [0.2, 0.25) is 0 Å². The SMILES string of the molecule is CCN(Cc1noc(C)n1)[C@@H]1CCCN(C(=O)c2cnn(CC)c2)CC1. The molecule has 1 saturated heterocycles. The number of carbonyl (C=O) groups excluding carboxylic acids is 1. The van der Waals surface area contributed by atoms with Crippen molar-refractivity contribution in [2.24, 2.45) is 0 Å².